The van der Waals surface area contributed by atoms with E-state index in [1.165, 1.54) is 0 Å². The number of benzene rings is 1. The fourth-order valence-corrected chi connectivity index (χ4v) is 1.53. The molecule has 1 amide bonds. The second kappa shape index (κ2) is 7.90. The number of carbonyl (C=O) groups is 1. The Morgan fingerprint density at radius 1 is 1.30 bits per heavy atom. The Hall–Kier alpha value is -2.93. The molecule has 7 heteroatoms. The van der Waals surface area contributed by atoms with Gasteiger partial charge in [-0.1, -0.05) is 12.8 Å². The lowest BCUT2D eigenvalue weighted by atomic mass is 10.1. The van der Waals surface area contributed by atoms with Crippen LogP contribution in [0.3, 0.4) is 0 Å². The first-order valence-corrected chi connectivity index (χ1v) is 6.56. The van der Waals surface area contributed by atoms with Gasteiger partial charge in [0, 0.05) is 12.1 Å². The molecule has 0 atom stereocenters. The molecule has 4 nitrogen and oxygen atoms in total. The molecule has 120 valence electrons. The van der Waals surface area contributed by atoms with E-state index in [-0.39, 0.29) is 11.3 Å². The predicted molar refractivity (Wildman–Crippen MR) is 78.0 cm³/mol. The number of hydrogen-bond acceptors (Lipinski definition) is 3. The number of halogens is 3. The van der Waals surface area contributed by atoms with Crippen LogP contribution in [0.15, 0.2) is 35.6 Å². The molecule has 0 saturated carbocycles. The molecule has 0 aromatic heterocycles. The van der Waals surface area contributed by atoms with E-state index in [2.05, 4.69) is 17.2 Å². The number of hydrogen-bond donors (Lipinski definition) is 2. The molecule has 0 aliphatic rings. The van der Waals surface area contributed by atoms with Crippen molar-refractivity contribution in [1.82, 2.24) is 0 Å². The van der Waals surface area contributed by atoms with Crippen LogP contribution in [0, 0.1) is 23.2 Å². The Morgan fingerprint density at radius 3 is 2.39 bits per heavy atom. The number of alkyl halides is 3. The number of nitriles is 1. The molecule has 0 aliphatic carbocycles. The van der Waals surface area contributed by atoms with Gasteiger partial charge < -0.3 is 10.4 Å². The largest absolute Gasteiger partial charge is 0.500 e. The summed E-state index contributed by atoms with van der Waals surface area (Å²) in [6, 6.07) is 5.55. The highest BCUT2D eigenvalue weighted by Gasteiger charge is 2.29. The zero-order valence-corrected chi connectivity index (χ0v) is 12.2. The van der Waals surface area contributed by atoms with Crippen LogP contribution in [0.5, 0.6) is 0 Å². The average Bonchev–Trinajstić information content (AvgIpc) is 2.49. The molecule has 1 rings (SSSR count). The van der Waals surface area contributed by atoms with Crippen molar-refractivity contribution in [2.75, 3.05) is 5.32 Å². The number of rotatable bonds is 3. The molecule has 0 fully saturated rings. The third kappa shape index (κ3) is 5.76. The Bertz CT molecular complexity index is 702. The van der Waals surface area contributed by atoms with Crippen molar-refractivity contribution in [1.29, 1.82) is 5.26 Å². The van der Waals surface area contributed by atoms with Crippen molar-refractivity contribution in [2.24, 2.45) is 0 Å². The quantitative estimate of drug-likeness (QED) is 0.505. The predicted octanol–water partition coefficient (Wildman–Crippen LogP) is 3.78. The minimum atomic E-state index is -4.46. The molecule has 0 heterocycles. The van der Waals surface area contributed by atoms with E-state index < -0.39 is 29.8 Å². The van der Waals surface area contributed by atoms with Crippen LogP contribution < -0.4 is 5.32 Å². The van der Waals surface area contributed by atoms with Crippen molar-refractivity contribution in [2.45, 2.75) is 25.9 Å². The van der Waals surface area contributed by atoms with Crippen molar-refractivity contribution in [3.05, 3.63) is 41.2 Å². The SMILES string of the molecule is CCC#CC(O)=C(C#N)CC(=O)Nc1ccc(C(F)(F)F)cc1. The second-order valence-electron chi connectivity index (χ2n) is 4.39. The van der Waals surface area contributed by atoms with Gasteiger partial charge in [-0.15, -0.1) is 0 Å². The summed E-state index contributed by atoms with van der Waals surface area (Å²) >= 11 is 0. The highest BCUT2D eigenvalue weighted by atomic mass is 19.4. The van der Waals surface area contributed by atoms with Gasteiger partial charge >= 0.3 is 6.18 Å². The smallest absolute Gasteiger partial charge is 0.416 e. The summed E-state index contributed by atoms with van der Waals surface area (Å²) in [6.07, 6.45) is -4.41. The molecular weight excluding hydrogens is 309 g/mol. The average molecular weight is 322 g/mol. The molecule has 2 N–H and O–H groups in total. The Morgan fingerprint density at radius 2 is 1.91 bits per heavy atom. The molecule has 0 spiro atoms. The second-order valence-corrected chi connectivity index (χ2v) is 4.39. The number of carbonyl (C=O) groups excluding carboxylic acids is 1. The van der Waals surface area contributed by atoms with E-state index in [9.17, 15) is 23.1 Å². The van der Waals surface area contributed by atoms with Crippen molar-refractivity contribution in [3.63, 3.8) is 0 Å². The summed E-state index contributed by atoms with van der Waals surface area (Å²) in [5.41, 5.74) is -0.893. The maximum atomic E-state index is 12.4. The first kappa shape index (κ1) is 18.1. The summed E-state index contributed by atoms with van der Waals surface area (Å²) in [4.78, 5) is 11.8. The first-order valence-electron chi connectivity index (χ1n) is 6.56. The Kier molecular flexibility index (Phi) is 6.23. The molecular formula is C16H13F3N2O2. The third-order valence-corrected chi connectivity index (χ3v) is 2.64. The molecule has 1 aromatic rings. The summed E-state index contributed by atoms with van der Waals surface area (Å²) in [5.74, 6) is 3.76. The topological polar surface area (TPSA) is 73.1 Å². The zero-order chi connectivity index (χ0) is 17.5. The number of nitrogens with one attached hydrogen (secondary N) is 1. The van der Waals surface area contributed by atoms with Crippen LogP contribution in [-0.4, -0.2) is 11.0 Å². The Labute approximate surface area is 131 Å². The number of amides is 1. The van der Waals surface area contributed by atoms with Crippen molar-refractivity contribution >= 4 is 11.6 Å². The van der Waals surface area contributed by atoms with Gasteiger partial charge in [-0.3, -0.25) is 4.79 Å². The van der Waals surface area contributed by atoms with Crippen LogP contribution >= 0.6 is 0 Å². The third-order valence-electron chi connectivity index (χ3n) is 2.64. The highest BCUT2D eigenvalue weighted by molar-refractivity contribution is 5.92. The van der Waals surface area contributed by atoms with Crippen LogP contribution in [0.1, 0.15) is 25.3 Å². The summed E-state index contributed by atoms with van der Waals surface area (Å²) < 4.78 is 37.3. The molecule has 0 aliphatic heterocycles. The molecule has 0 unspecified atom stereocenters. The Balaban J connectivity index is 2.79. The van der Waals surface area contributed by atoms with Crippen molar-refractivity contribution in [3.8, 4) is 17.9 Å². The lowest BCUT2D eigenvalue weighted by Crippen LogP contribution is -2.13. The van der Waals surface area contributed by atoms with Gasteiger partial charge in [-0.2, -0.15) is 18.4 Å². The van der Waals surface area contributed by atoms with Gasteiger partial charge in [0.05, 0.1) is 23.6 Å². The number of allylic oxidation sites excluding steroid dienone is 1. The maximum Gasteiger partial charge on any atom is 0.416 e. The molecule has 0 bridgehead atoms. The van der Waals surface area contributed by atoms with Gasteiger partial charge in [0.15, 0.2) is 5.76 Å². The van der Waals surface area contributed by atoms with E-state index in [1.54, 1.807) is 13.0 Å². The molecule has 1 aromatic carbocycles. The van der Waals surface area contributed by atoms with Gasteiger partial charge in [0.2, 0.25) is 5.91 Å². The summed E-state index contributed by atoms with van der Waals surface area (Å²) in [7, 11) is 0. The molecule has 23 heavy (non-hydrogen) atoms. The lowest BCUT2D eigenvalue weighted by Gasteiger charge is -2.08. The standard InChI is InChI=1S/C16H13F3N2O2/c1-2-3-4-14(22)11(10-20)9-15(23)21-13-7-5-12(6-8-13)16(17,18)19/h5-8,22H,2,9H2,1H3,(H,21,23). The van der Waals surface area contributed by atoms with Crippen LogP contribution in [0.2, 0.25) is 0 Å². The van der Waals surface area contributed by atoms with Gasteiger partial charge in [0.1, 0.15) is 0 Å². The van der Waals surface area contributed by atoms with E-state index in [0.29, 0.717) is 6.42 Å². The number of anilines is 1. The molecule has 0 radical (unpaired) electrons. The fourth-order valence-electron chi connectivity index (χ4n) is 1.53. The van der Waals surface area contributed by atoms with E-state index in [4.69, 9.17) is 5.26 Å². The highest BCUT2D eigenvalue weighted by Crippen LogP contribution is 2.29. The maximum absolute atomic E-state index is 12.4. The first-order chi connectivity index (χ1) is 10.8. The number of nitrogens with zero attached hydrogens (tertiary/aromatic N) is 1. The summed E-state index contributed by atoms with van der Waals surface area (Å²) in [5, 5.41) is 20.8. The van der Waals surface area contributed by atoms with Gasteiger partial charge in [0.25, 0.3) is 0 Å². The lowest BCUT2D eigenvalue weighted by molar-refractivity contribution is -0.137. The van der Waals surface area contributed by atoms with Crippen LogP contribution in [0.25, 0.3) is 0 Å². The van der Waals surface area contributed by atoms with E-state index >= 15 is 0 Å². The van der Waals surface area contributed by atoms with Crippen LogP contribution in [0.4, 0.5) is 18.9 Å². The van der Waals surface area contributed by atoms with Gasteiger partial charge in [-0.05, 0) is 30.2 Å². The minimum absolute atomic E-state index is 0.152. The monoisotopic (exact) mass is 322 g/mol. The van der Waals surface area contributed by atoms with E-state index in [1.807, 2.05) is 0 Å². The van der Waals surface area contributed by atoms with Gasteiger partial charge in [-0.25, -0.2) is 0 Å². The summed E-state index contributed by atoms with van der Waals surface area (Å²) in [6.45, 7) is 1.75. The fraction of sp³-hybridized carbons (Fsp3) is 0.250. The van der Waals surface area contributed by atoms with Crippen LogP contribution in [-0.2, 0) is 11.0 Å². The molecule has 0 saturated heterocycles. The van der Waals surface area contributed by atoms with E-state index in [0.717, 1.165) is 24.3 Å². The zero-order valence-electron chi connectivity index (χ0n) is 12.2. The number of aliphatic hydroxyl groups excluding tert-OH is 1. The normalized spacial score (nSPS) is 11.6. The number of aliphatic hydroxyl groups is 1. The van der Waals surface area contributed by atoms with Crippen molar-refractivity contribution < 1.29 is 23.1 Å². The minimum Gasteiger partial charge on any atom is -0.500 e.